The molecule has 1 aliphatic rings. The topological polar surface area (TPSA) is 58.4 Å². The summed E-state index contributed by atoms with van der Waals surface area (Å²) in [7, 11) is 0. The molecule has 1 atom stereocenters. The highest BCUT2D eigenvalue weighted by Crippen LogP contribution is 2.26. The first-order valence-corrected chi connectivity index (χ1v) is 10.9. The number of halogens is 1. The van der Waals surface area contributed by atoms with Crippen molar-refractivity contribution in [1.29, 1.82) is 0 Å². The van der Waals surface area contributed by atoms with Crippen molar-refractivity contribution in [3.05, 3.63) is 46.3 Å². The number of nitrogens with one attached hydrogen (secondary N) is 1. The maximum atomic E-state index is 4.82. The quantitative estimate of drug-likeness (QED) is 0.557. The lowest BCUT2D eigenvalue weighted by atomic mass is 10.0. The van der Waals surface area contributed by atoms with Gasteiger partial charge >= 0.3 is 0 Å². The van der Waals surface area contributed by atoms with Gasteiger partial charge in [-0.05, 0) is 52.7 Å². The zero-order chi connectivity index (χ0) is 19.5. The van der Waals surface area contributed by atoms with Gasteiger partial charge < -0.3 is 10.2 Å². The minimum absolute atomic E-state index is 0.416. The smallest absolute Gasteiger partial charge is 0.171 e. The van der Waals surface area contributed by atoms with E-state index >= 15 is 0 Å². The fourth-order valence-corrected chi connectivity index (χ4v) is 4.11. The van der Waals surface area contributed by atoms with Crippen LogP contribution in [0.1, 0.15) is 56.7 Å². The second-order valence-corrected chi connectivity index (χ2v) is 8.41. The van der Waals surface area contributed by atoms with Crippen LogP contribution in [-0.2, 0) is 6.54 Å². The van der Waals surface area contributed by atoms with Gasteiger partial charge in [0, 0.05) is 37.6 Å². The van der Waals surface area contributed by atoms with Crippen LogP contribution in [-0.4, -0.2) is 32.7 Å². The molecule has 3 aromatic heterocycles. The number of nitrogens with zero attached hydrogens (tertiary/aromatic N) is 5. The highest BCUT2D eigenvalue weighted by atomic mass is 79.9. The van der Waals surface area contributed by atoms with Crippen LogP contribution in [0, 0.1) is 0 Å². The van der Waals surface area contributed by atoms with Crippen molar-refractivity contribution in [2.75, 3.05) is 23.3 Å². The molecule has 0 radical (unpaired) electrons. The Morgan fingerprint density at radius 1 is 1.21 bits per heavy atom. The zero-order valence-electron chi connectivity index (χ0n) is 16.5. The monoisotopic (exact) mass is 442 g/mol. The molecule has 1 N–H and O–H groups in total. The summed E-state index contributed by atoms with van der Waals surface area (Å²) in [4.78, 5) is 11.8. The van der Waals surface area contributed by atoms with Crippen LogP contribution in [0.5, 0.6) is 0 Å². The van der Waals surface area contributed by atoms with Crippen LogP contribution in [0.15, 0.2) is 35.1 Å². The third-order valence-corrected chi connectivity index (χ3v) is 5.95. The zero-order valence-corrected chi connectivity index (χ0v) is 18.1. The van der Waals surface area contributed by atoms with Gasteiger partial charge in [0.15, 0.2) is 5.65 Å². The first kappa shape index (κ1) is 19.2. The van der Waals surface area contributed by atoms with E-state index < -0.39 is 0 Å². The molecule has 0 amide bonds. The number of aromatic nitrogens is 4. The molecule has 28 heavy (non-hydrogen) atoms. The average Bonchev–Trinajstić information content (AvgIpc) is 3.37. The van der Waals surface area contributed by atoms with E-state index in [1.807, 2.05) is 10.7 Å². The van der Waals surface area contributed by atoms with Gasteiger partial charge in [-0.25, -0.2) is 9.97 Å². The van der Waals surface area contributed by atoms with Gasteiger partial charge in [0.1, 0.15) is 11.6 Å². The first-order valence-electron chi connectivity index (χ1n) is 10.1. The van der Waals surface area contributed by atoms with Gasteiger partial charge in [-0.15, -0.1) is 0 Å². The standard InChI is InChI=1S/C21H27BrN6/c1-3-6-15(2)18-11-20(28-21(26-18)17(22)14-25-28)24-13-16-7-8-19(23-12-16)27-9-4-5-10-27/h7-8,11-12,14-15,24H,3-6,9-10,13H2,1-2H3. The second-order valence-electron chi connectivity index (χ2n) is 7.56. The van der Waals surface area contributed by atoms with Crippen LogP contribution >= 0.6 is 15.9 Å². The molecule has 6 nitrogen and oxygen atoms in total. The maximum absolute atomic E-state index is 4.82. The normalized spacial score (nSPS) is 15.3. The van der Waals surface area contributed by atoms with Gasteiger partial charge in [0.25, 0.3) is 0 Å². The molecule has 3 aromatic rings. The molecule has 4 rings (SSSR count). The molecular formula is C21H27BrN6. The average molecular weight is 443 g/mol. The molecule has 0 aliphatic carbocycles. The van der Waals surface area contributed by atoms with E-state index in [2.05, 4.69) is 68.3 Å². The summed E-state index contributed by atoms with van der Waals surface area (Å²) in [5, 5.41) is 8.00. The lowest BCUT2D eigenvalue weighted by molar-refractivity contribution is 0.646. The van der Waals surface area contributed by atoms with Gasteiger partial charge in [0.05, 0.1) is 10.7 Å². The highest BCUT2D eigenvalue weighted by molar-refractivity contribution is 9.10. The number of anilines is 2. The van der Waals surface area contributed by atoms with Crippen molar-refractivity contribution in [2.45, 2.75) is 52.0 Å². The molecule has 1 fully saturated rings. The van der Waals surface area contributed by atoms with E-state index in [1.54, 1.807) is 6.20 Å². The minimum Gasteiger partial charge on any atom is -0.366 e. The molecule has 4 heterocycles. The van der Waals surface area contributed by atoms with Crippen LogP contribution in [0.25, 0.3) is 5.65 Å². The van der Waals surface area contributed by atoms with Gasteiger partial charge in [-0.3, -0.25) is 0 Å². The minimum atomic E-state index is 0.416. The van der Waals surface area contributed by atoms with Gasteiger partial charge in [-0.2, -0.15) is 9.61 Å². The molecule has 1 unspecified atom stereocenters. The van der Waals surface area contributed by atoms with E-state index in [-0.39, 0.29) is 0 Å². The van der Waals surface area contributed by atoms with Crippen LogP contribution in [0.3, 0.4) is 0 Å². The number of fused-ring (bicyclic) bond motifs is 1. The molecule has 1 saturated heterocycles. The fraction of sp³-hybridized carbons (Fsp3) is 0.476. The first-order chi connectivity index (χ1) is 13.7. The predicted octanol–water partition coefficient (Wildman–Crippen LogP) is 5.00. The highest BCUT2D eigenvalue weighted by Gasteiger charge is 2.15. The Morgan fingerprint density at radius 3 is 2.75 bits per heavy atom. The number of hydrogen-bond acceptors (Lipinski definition) is 5. The largest absolute Gasteiger partial charge is 0.366 e. The molecule has 1 aliphatic heterocycles. The van der Waals surface area contributed by atoms with E-state index in [4.69, 9.17) is 4.98 Å². The summed E-state index contributed by atoms with van der Waals surface area (Å²) < 4.78 is 2.77. The Bertz CT molecular complexity index is 930. The van der Waals surface area contributed by atoms with Crippen molar-refractivity contribution in [3.63, 3.8) is 0 Å². The molecule has 0 spiro atoms. The summed E-state index contributed by atoms with van der Waals surface area (Å²) in [6, 6.07) is 6.41. The Morgan fingerprint density at radius 2 is 2.04 bits per heavy atom. The summed E-state index contributed by atoms with van der Waals surface area (Å²) >= 11 is 3.57. The van der Waals surface area contributed by atoms with E-state index in [9.17, 15) is 0 Å². The Hall–Kier alpha value is -2.15. The van der Waals surface area contributed by atoms with Crippen molar-refractivity contribution in [3.8, 4) is 0 Å². The summed E-state index contributed by atoms with van der Waals surface area (Å²) in [6.07, 6.45) is 8.57. The molecular weight excluding hydrogens is 416 g/mol. The summed E-state index contributed by atoms with van der Waals surface area (Å²) in [5.41, 5.74) is 3.10. The van der Waals surface area contributed by atoms with Crippen molar-refractivity contribution in [2.24, 2.45) is 0 Å². The summed E-state index contributed by atoms with van der Waals surface area (Å²) in [6.45, 7) is 7.38. The van der Waals surface area contributed by atoms with E-state index in [0.29, 0.717) is 12.5 Å². The van der Waals surface area contributed by atoms with E-state index in [1.165, 1.54) is 12.8 Å². The molecule has 148 valence electrons. The maximum Gasteiger partial charge on any atom is 0.171 e. The predicted molar refractivity (Wildman–Crippen MR) is 117 cm³/mol. The Balaban J connectivity index is 1.53. The number of rotatable bonds is 7. The molecule has 7 heteroatoms. The van der Waals surface area contributed by atoms with Gasteiger partial charge in [-0.1, -0.05) is 26.3 Å². The Kier molecular flexibility index (Phi) is 5.80. The van der Waals surface area contributed by atoms with Gasteiger partial charge in [0.2, 0.25) is 0 Å². The van der Waals surface area contributed by atoms with Crippen LogP contribution in [0.4, 0.5) is 11.6 Å². The second kappa shape index (κ2) is 8.47. The number of hydrogen-bond donors (Lipinski definition) is 1. The van der Waals surface area contributed by atoms with Crippen molar-refractivity contribution >= 4 is 33.2 Å². The molecule has 0 saturated carbocycles. The van der Waals surface area contributed by atoms with E-state index in [0.717, 1.165) is 58.9 Å². The van der Waals surface area contributed by atoms with Crippen molar-refractivity contribution < 1.29 is 0 Å². The SMILES string of the molecule is CCCC(C)c1cc(NCc2ccc(N3CCCC3)nc2)n2ncc(Br)c2n1. The summed E-state index contributed by atoms with van der Waals surface area (Å²) in [5.74, 6) is 2.45. The lowest BCUT2D eigenvalue weighted by Crippen LogP contribution is -2.18. The number of pyridine rings is 1. The van der Waals surface area contributed by atoms with Crippen LogP contribution in [0.2, 0.25) is 0 Å². The van der Waals surface area contributed by atoms with Crippen LogP contribution < -0.4 is 10.2 Å². The third-order valence-electron chi connectivity index (χ3n) is 5.39. The Labute approximate surface area is 174 Å². The molecule has 0 aromatic carbocycles. The fourth-order valence-electron chi connectivity index (χ4n) is 3.76. The lowest BCUT2D eigenvalue weighted by Gasteiger charge is -2.17. The third kappa shape index (κ3) is 3.99. The molecule has 0 bridgehead atoms. The van der Waals surface area contributed by atoms with Crippen molar-refractivity contribution in [1.82, 2.24) is 19.6 Å².